The standard InChI is InChI=1S/C15H14N8/c16-10-12-6-7-13(11-19-12)17-8-9-18-15-20-21-22-23(15)14-4-2-1-3-5-14/h1-7,11,17H,8-9H2,(H,18,20,22). The lowest BCUT2D eigenvalue weighted by Gasteiger charge is -2.08. The van der Waals surface area contributed by atoms with Gasteiger partial charge < -0.3 is 10.6 Å². The maximum absolute atomic E-state index is 8.70. The lowest BCUT2D eigenvalue weighted by Crippen LogP contribution is -2.16. The van der Waals surface area contributed by atoms with Gasteiger partial charge in [-0.05, 0) is 34.7 Å². The Balaban J connectivity index is 1.53. The minimum Gasteiger partial charge on any atom is -0.382 e. The molecule has 2 N–H and O–H groups in total. The third-order valence-electron chi connectivity index (χ3n) is 3.09. The van der Waals surface area contributed by atoms with Gasteiger partial charge in [0.25, 0.3) is 0 Å². The molecule has 0 saturated carbocycles. The Morgan fingerprint density at radius 2 is 1.87 bits per heavy atom. The highest BCUT2D eigenvalue weighted by Crippen LogP contribution is 2.10. The van der Waals surface area contributed by atoms with Gasteiger partial charge >= 0.3 is 0 Å². The summed E-state index contributed by atoms with van der Waals surface area (Å²) in [4.78, 5) is 4.00. The first kappa shape index (κ1) is 14.5. The SMILES string of the molecule is N#Cc1ccc(NCCNc2nnnn2-c2ccccc2)cn1. The lowest BCUT2D eigenvalue weighted by atomic mass is 10.3. The third kappa shape index (κ3) is 3.59. The fourth-order valence-corrected chi connectivity index (χ4v) is 1.99. The van der Waals surface area contributed by atoms with Crippen molar-refractivity contribution in [3.63, 3.8) is 0 Å². The largest absolute Gasteiger partial charge is 0.382 e. The molecule has 0 radical (unpaired) electrons. The molecule has 0 saturated heterocycles. The van der Waals surface area contributed by atoms with Crippen molar-refractivity contribution in [2.24, 2.45) is 0 Å². The molecule has 2 aromatic heterocycles. The highest BCUT2D eigenvalue weighted by atomic mass is 15.6. The molecule has 0 aliphatic rings. The second-order valence-corrected chi connectivity index (χ2v) is 4.65. The molecule has 3 aromatic rings. The molecule has 8 nitrogen and oxygen atoms in total. The smallest absolute Gasteiger partial charge is 0.247 e. The summed E-state index contributed by atoms with van der Waals surface area (Å²) >= 11 is 0. The van der Waals surface area contributed by atoms with Crippen LogP contribution in [0.25, 0.3) is 5.69 Å². The maximum Gasteiger partial charge on any atom is 0.247 e. The van der Waals surface area contributed by atoms with Crippen LogP contribution in [-0.4, -0.2) is 38.3 Å². The molecule has 1 aromatic carbocycles. The van der Waals surface area contributed by atoms with Gasteiger partial charge in [-0.1, -0.05) is 23.3 Å². The van der Waals surface area contributed by atoms with E-state index in [4.69, 9.17) is 5.26 Å². The van der Waals surface area contributed by atoms with Crippen molar-refractivity contribution < 1.29 is 0 Å². The van der Waals surface area contributed by atoms with Crippen LogP contribution in [0, 0.1) is 11.3 Å². The average Bonchev–Trinajstić information content (AvgIpc) is 3.08. The van der Waals surface area contributed by atoms with Crippen molar-refractivity contribution in [3.05, 3.63) is 54.4 Å². The summed E-state index contributed by atoms with van der Waals surface area (Å²) in [5.41, 5.74) is 2.15. The van der Waals surface area contributed by atoms with Crippen LogP contribution in [0.4, 0.5) is 11.6 Å². The highest BCUT2D eigenvalue weighted by molar-refractivity contribution is 5.43. The van der Waals surface area contributed by atoms with Crippen LogP contribution in [-0.2, 0) is 0 Å². The molecular formula is C15H14N8. The molecule has 0 amide bonds. The molecule has 0 atom stereocenters. The number of para-hydroxylation sites is 1. The number of anilines is 2. The van der Waals surface area contributed by atoms with Gasteiger partial charge in [0.1, 0.15) is 11.8 Å². The van der Waals surface area contributed by atoms with Crippen LogP contribution >= 0.6 is 0 Å². The topological polar surface area (TPSA) is 104 Å². The third-order valence-corrected chi connectivity index (χ3v) is 3.09. The van der Waals surface area contributed by atoms with E-state index in [0.29, 0.717) is 24.7 Å². The van der Waals surface area contributed by atoms with Gasteiger partial charge in [-0.3, -0.25) is 0 Å². The van der Waals surface area contributed by atoms with Gasteiger partial charge in [0.05, 0.1) is 17.6 Å². The van der Waals surface area contributed by atoms with E-state index in [0.717, 1.165) is 11.4 Å². The molecular weight excluding hydrogens is 292 g/mol. The van der Waals surface area contributed by atoms with Crippen molar-refractivity contribution in [3.8, 4) is 11.8 Å². The number of nitriles is 1. The highest BCUT2D eigenvalue weighted by Gasteiger charge is 2.06. The normalized spacial score (nSPS) is 10.0. The summed E-state index contributed by atoms with van der Waals surface area (Å²) in [6, 6.07) is 15.1. The summed E-state index contributed by atoms with van der Waals surface area (Å²) in [6.45, 7) is 1.29. The Kier molecular flexibility index (Phi) is 4.40. The number of hydrogen-bond donors (Lipinski definition) is 2. The van der Waals surface area contributed by atoms with Crippen LogP contribution in [0.15, 0.2) is 48.7 Å². The summed E-state index contributed by atoms with van der Waals surface area (Å²) in [6.07, 6.45) is 1.63. The Labute approximate surface area is 132 Å². The number of hydrogen-bond acceptors (Lipinski definition) is 7. The quantitative estimate of drug-likeness (QED) is 0.664. The fraction of sp³-hybridized carbons (Fsp3) is 0.133. The molecule has 2 heterocycles. The van der Waals surface area contributed by atoms with E-state index in [-0.39, 0.29) is 0 Å². The second-order valence-electron chi connectivity index (χ2n) is 4.65. The molecule has 114 valence electrons. The summed E-state index contributed by atoms with van der Waals surface area (Å²) < 4.78 is 1.64. The number of tetrazole rings is 1. The zero-order valence-corrected chi connectivity index (χ0v) is 12.2. The number of rotatable bonds is 6. The summed E-state index contributed by atoms with van der Waals surface area (Å²) in [5, 5.41) is 26.7. The zero-order chi connectivity index (χ0) is 15.9. The van der Waals surface area contributed by atoms with Gasteiger partial charge in [-0.25, -0.2) is 4.98 Å². The fourth-order valence-electron chi connectivity index (χ4n) is 1.99. The number of aromatic nitrogens is 5. The van der Waals surface area contributed by atoms with Gasteiger partial charge in [0, 0.05) is 13.1 Å². The minimum atomic E-state index is 0.399. The van der Waals surface area contributed by atoms with Crippen LogP contribution in [0.5, 0.6) is 0 Å². The van der Waals surface area contributed by atoms with Crippen molar-refractivity contribution in [1.82, 2.24) is 25.2 Å². The first-order valence-corrected chi connectivity index (χ1v) is 7.04. The van der Waals surface area contributed by atoms with E-state index in [2.05, 4.69) is 31.1 Å². The first-order valence-electron chi connectivity index (χ1n) is 7.04. The van der Waals surface area contributed by atoms with Crippen molar-refractivity contribution >= 4 is 11.6 Å². The van der Waals surface area contributed by atoms with Crippen molar-refractivity contribution in [1.29, 1.82) is 5.26 Å². The lowest BCUT2D eigenvalue weighted by molar-refractivity contribution is 0.789. The first-order chi connectivity index (χ1) is 11.4. The Morgan fingerprint density at radius 3 is 2.61 bits per heavy atom. The monoisotopic (exact) mass is 306 g/mol. The Bertz CT molecular complexity index is 788. The van der Waals surface area contributed by atoms with E-state index in [9.17, 15) is 0 Å². The van der Waals surface area contributed by atoms with Crippen LogP contribution in [0.3, 0.4) is 0 Å². The van der Waals surface area contributed by atoms with E-state index >= 15 is 0 Å². The predicted octanol–water partition coefficient (Wildman–Crippen LogP) is 1.45. The molecule has 0 spiro atoms. The molecule has 0 bridgehead atoms. The van der Waals surface area contributed by atoms with Gasteiger partial charge in [-0.15, -0.1) is 0 Å². The summed E-state index contributed by atoms with van der Waals surface area (Å²) in [7, 11) is 0. The molecule has 23 heavy (non-hydrogen) atoms. The van der Waals surface area contributed by atoms with Crippen LogP contribution in [0.2, 0.25) is 0 Å². The van der Waals surface area contributed by atoms with E-state index < -0.39 is 0 Å². The number of pyridine rings is 1. The Hall–Kier alpha value is -3.47. The number of nitrogens with one attached hydrogen (secondary N) is 2. The van der Waals surface area contributed by atoms with Gasteiger partial charge in [-0.2, -0.15) is 9.94 Å². The second kappa shape index (κ2) is 7.00. The molecule has 3 rings (SSSR count). The molecule has 0 aliphatic carbocycles. The molecule has 0 fully saturated rings. The average molecular weight is 306 g/mol. The van der Waals surface area contributed by atoms with Crippen molar-refractivity contribution in [2.75, 3.05) is 23.7 Å². The van der Waals surface area contributed by atoms with E-state index in [1.165, 1.54) is 0 Å². The van der Waals surface area contributed by atoms with Crippen LogP contribution in [0.1, 0.15) is 5.69 Å². The van der Waals surface area contributed by atoms with Crippen molar-refractivity contribution in [2.45, 2.75) is 0 Å². The van der Waals surface area contributed by atoms with E-state index in [1.54, 1.807) is 16.9 Å². The van der Waals surface area contributed by atoms with Crippen LogP contribution < -0.4 is 10.6 Å². The summed E-state index contributed by atoms with van der Waals surface area (Å²) in [5.74, 6) is 0.580. The Morgan fingerprint density at radius 1 is 1.04 bits per heavy atom. The predicted molar refractivity (Wildman–Crippen MR) is 85.1 cm³/mol. The van der Waals surface area contributed by atoms with Gasteiger partial charge in [0.2, 0.25) is 5.95 Å². The van der Waals surface area contributed by atoms with E-state index in [1.807, 2.05) is 42.5 Å². The number of nitrogens with zero attached hydrogens (tertiary/aromatic N) is 6. The maximum atomic E-state index is 8.70. The minimum absolute atomic E-state index is 0.399. The molecule has 0 unspecified atom stereocenters. The molecule has 8 heteroatoms. The molecule has 0 aliphatic heterocycles. The van der Waals surface area contributed by atoms with Gasteiger partial charge in [0.15, 0.2) is 0 Å². The number of benzene rings is 1. The zero-order valence-electron chi connectivity index (χ0n) is 12.2.